The smallest absolute Gasteiger partial charge is 0.0352 e. The molecule has 1 rings (SSSR count). The van der Waals surface area contributed by atoms with Crippen LogP contribution in [0.3, 0.4) is 0 Å². The van der Waals surface area contributed by atoms with E-state index in [0.29, 0.717) is 10.8 Å². The quantitative estimate of drug-likeness (QED) is 0.598. The molecule has 0 spiro atoms. The lowest BCUT2D eigenvalue weighted by Gasteiger charge is -2.28. The lowest BCUT2D eigenvalue weighted by Crippen LogP contribution is -2.20. The molecule has 0 saturated heterocycles. The van der Waals surface area contributed by atoms with E-state index in [-0.39, 0.29) is 0 Å². The van der Waals surface area contributed by atoms with Crippen molar-refractivity contribution in [2.24, 2.45) is 28.6 Å². The molecule has 1 aliphatic rings. The average molecular weight is 196 g/mol. The maximum Gasteiger partial charge on any atom is -0.0352 e. The molecule has 0 aromatic rings. The third-order valence-corrected chi connectivity index (χ3v) is 3.86. The van der Waals surface area contributed by atoms with Gasteiger partial charge in [0, 0.05) is 0 Å². The van der Waals surface area contributed by atoms with Crippen LogP contribution in [0.5, 0.6) is 0 Å². The third-order valence-electron chi connectivity index (χ3n) is 3.86. The monoisotopic (exact) mass is 196 g/mol. The summed E-state index contributed by atoms with van der Waals surface area (Å²) in [4.78, 5) is 0. The van der Waals surface area contributed by atoms with Gasteiger partial charge in [0.1, 0.15) is 0 Å². The summed E-state index contributed by atoms with van der Waals surface area (Å²) < 4.78 is 0. The molecule has 0 bridgehead atoms. The molecule has 0 heteroatoms. The zero-order valence-corrected chi connectivity index (χ0v) is 11.1. The highest BCUT2D eigenvalue weighted by Gasteiger charge is 2.45. The summed E-state index contributed by atoms with van der Waals surface area (Å²) >= 11 is 0. The Bertz CT molecular complexity index is 189. The Kier molecular flexibility index (Phi) is 3.05. The summed E-state index contributed by atoms with van der Waals surface area (Å²) in [7, 11) is 0. The van der Waals surface area contributed by atoms with E-state index in [4.69, 9.17) is 0 Å². The Balaban J connectivity index is 2.40. The Hall–Kier alpha value is 0. The fraction of sp³-hybridized carbons (Fsp3) is 1.00. The van der Waals surface area contributed by atoms with Gasteiger partial charge in [0.15, 0.2) is 0 Å². The highest BCUT2D eigenvalue weighted by molar-refractivity contribution is 4.95. The minimum Gasteiger partial charge on any atom is -0.0617 e. The molecule has 1 saturated carbocycles. The molecule has 0 radical (unpaired) electrons. The first-order valence-corrected chi connectivity index (χ1v) is 6.11. The van der Waals surface area contributed by atoms with E-state index < -0.39 is 0 Å². The second-order valence-corrected chi connectivity index (χ2v) is 7.58. The van der Waals surface area contributed by atoms with Crippen molar-refractivity contribution in [3.63, 3.8) is 0 Å². The average Bonchev–Trinajstić information content (AvgIpc) is 2.60. The van der Waals surface area contributed by atoms with E-state index >= 15 is 0 Å². The van der Waals surface area contributed by atoms with Crippen molar-refractivity contribution < 1.29 is 0 Å². The third kappa shape index (κ3) is 3.29. The van der Waals surface area contributed by atoms with E-state index in [2.05, 4.69) is 48.5 Å². The fourth-order valence-electron chi connectivity index (χ4n) is 2.55. The summed E-state index contributed by atoms with van der Waals surface area (Å²) in [5, 5.41) is 0. The van der Waals surface area contributed by atoms with Crippen LogP contribution in [0, 0.1) is 28.6 Å². The van der Waals surface area contributed by atoms with Gasteiger partial charge < -0.3 is 0 Å². The van der Waals surface area contributed by atoms with Crippen LogP contribution in [0.1, 0.15) is 61.3 Å². The predicted octanol–water partition coefficient (Wildman–Crippen LogP) is 4.74. The second-order valence-electron chi connectivity index (χ2n) is 7.58. The Morgan fingerprint density at radius 3 is 1.93 bits per heavy atom. The molecule has 0 aliphatic heterocycles. The molecule has 0 heterocycles. The van der Waals surface area contributed by atoms with Gasteiger partial charge in [-0.2, -0.15) is 0 Å². The molecular formula is C14H28. The summed E-state index contributed by atoms with van der Waals surface area (Å²) in [5.74, 6) is 2.91. The molecule has 1 aliphatic carbocycles. The van der Waals surface area contributed by atoms with Crippen molar-refractivity contribution in [1.29, 1.82) is 0 Å². The summed E-state index contributed by atoms with van der Waals surface area (Å²) in [5.41, 5.74) is 1.02. The number of hydrogen-bond donors (Lipinski definition) is 0. The lowest BCUT2D eigenvalue weighted by atomic mass is 9.77. The number of hydrogen-bond acceptors (Lipinski definition) is 0. The molecule has 3 atom stereocenters. The largest absolute Gasteiger partial charge is 0.0617 e. The minimum atomic E-state index is 0.497. The SMILES string of the molecule is CC(C1CC1CC(C)(C)C)C(C)(C)C. The fourth-order valence-corrected chi connectivity index (χ4v) is 2.55. The predicted molar refractivity (Wildman–Crippen MR) is 64.3 cm³/mol. The van der Waals surface area contributed by atoms with E-state index in [1.165, 1.54) is 12.8 Å². The van der Waals surface area contributed by atoms with E-state index in [9.17, 15) is 0 Å². The van der Waals surface area contributed by atoms with Crippen molar-refractivity contribution in [3.05, 3.63) is 0 Å². The van der Waals surface area contributed by atoms with Crippen molar-refractivity contribution in [2.45, 2.75) is 61.3 Å². The molecule has 0 aromatic heterocycles. The topological polar surface area (TPSA) is 0 Å². The van der Waals surface area contributed by atoms with Crippen LogP contribution in [0.2, 0.25) is 0 Å². The Morgan fingerprint density at radius 1 is 1.07 bits per heavy atom. The van der Waals surface area contributed by atoms with Gasteiger partial charge in [0.2, 0.25) is 0 Å². The minimum absolute atomic E-state index is 0.497. The van der Waals surface area contributed by atoms with Crippen LogP contribution in [-0.4, -0.2) is 0 Å². The highest BCUT2D eigenvalue weighted by Crippen LogP contribution is 2.54. The standard InChI is InChI=1S/C14H28/c1-10(14(5,6)7)12-8-11(12)9-13(2,3)4/h10-12H,8-9H2,1-7H3. The van der Waals surface area contributed by atoms with Crippen LogP contribution in [0.15, 0.2) is 0 Å². The van der Waals surface area contributed by atoms with Crippen molar-refractivity contribution in [3.8, 4) is 0 Å². The first-order valence-electron chi connectivity index (χ1n) is 6.11. The zero-order valence-electron chi connectivity index (χ0n) is 11.1. The lowest BCUT2D eigenvalue weighted by molar-refractivity contribution is 0.213. The van der Waals surface area contributed by atoms with Gasteiger partial charge in [-0.05, 0) is 41.4 Å². The van der Waals surface area contributed by atoms with E-state index in [1.54, 1.807) is 0 Å². The van der Waals surface area contributed by atoms with Gasteiger partial charge in [-0.3, -0.25) is 0 Å². The van der Waals surface area contributed by atoms with Crippen LogP contribution in [-0.2, 0) is 0 Å². The summed E-state index contributed by atoms with van der Waals surface area (Å²) in [6.07, 6.45) is 2.90. The normalized spacial score (nSPS) is 30.2. The highest BCUT2D eigenvalue weighted by atomic mass is 14.5. The van der Waals surface area contributed by atoms with Gasteiger partial charge in [0.05, 0.1) is 0 Å². The van der Waals surface area contributed by atoms with Crippen LogP contribution < -0.4 is 0 Å². The first kappa shape index (κ1) is 12.1. The summed E-state index contributed by atoms with van der Waals surface area (Å²) in [6, 6.07) is 0. The molecular weight excluding hydrogens is 168 g/mol. The molecule has 14 heavy (non-hydrogen) atoms. The van der Waals surface area contributed by atoms with Gasteiger partial charge in [0.25, 0.3) is 0 Å². The Labute approximate surface area is 90.5 Å². The van der Waals surface area contributed by atoms with Crippen LogP contribution >= 0.6 is 0 Å². The van der Waals surface area contributed by atoms with E-state index in [1.807, 2.05) is 0 Å². The van der Waals surface area contributed by atoms with Crippen molar-refractivity contribution in [2.75, 3.05) is 0 Å². The van der Waals surface area contributed by atoms with Gasteiger partial charge in [-0.25, -0.2) is 0 Å². The van der Waals surface area contributed by atoms with Gasteiger partial charge in [-0.15, -0.1) is 0 Å². The molecule has 0 nitrogen and oxygen atoms in total. The zero-order chi connectivity index (χ0) is 11.1. The molecule has 0 N–H and O–H groups in total. The van der Waals surface area contributed by atoms with Gasteiger partial charge in [-0.1, -0.05) is 48.5 Å². The van der Waals surface area contributed by atoms with Crippen LogP contribution in [0.25, 0.3) is 0 Å². The Morgan fingerprint density at radius 2 is 1.57 bits per heavy atom. The summed E-state index contributed by atoms with van der Waals surface area (Å²) in [6.45, 7) is 16.7. The molecule has 1 fully saturated rings. The first-order chi connectivity index (χ1) is 6.11. The molecule has 0 aromatic carbocycles. The van der Waals surface area contributed by atoms with E-state index in [0.717, 1.165) is 17.8 Å². The van der Waals surface area contributed by atoms with Gasteiger partial charge >= 0.3 is 0 Å². The molecule has 0 amide bonds. The number of rotatable bonds is 2. The second kappa shape index (κ2) is 3.54. The maximum atomic E-state index is 2.44. The maximum absolute atomic E-state index is 2.44. The van der Waals surface area contributed by atoms with Crippen molar-refractivity contribution in [1.82, 2.24) is 0 Å². The van der Waals surface area contributed by atoms with Crippen molar-refractivity contribution >= 4 is 0 Å². The van der Waals surface area contributed by atoms with Crippen LogP contribution in [0.4, 0.5) is 0 Å². The molecule has 3 unspecified atom stereocenters. The molecule has 84 valence electrons.